The second kappa shape index (κ2) is 11.0. The maximum absolute atomic E-state index is 5.61. The molecule has 0 aliphatic heterocycles. The lowest BCUT2D eigenvalue weighted by atomic mass is 10.3. The molecule has 2 N–H and O–H groups in total. The maximum Gasteiger partial charge on any atom is 0.157 e. The fourth-order valence-electron chi connectivity index (χ4n) is 1.11. The van der Waals surface area contributed by atoms with Crippen molar-refractivity contribution < 1.29 is 9.47 Å². The Hall–Kier alpha value is -0.120. The molecule has 3 nitrogen and oxygen atoms in total. The second-order valence-corrected chi connectivity index (χ2v) is 3.46. The van der Waals surface area contributed by atoms with E-state index in [4.69, 9.17) is 15.2 Å². The summed E-state index contributed by atoms with van der Waals surface area (Å²) in [6, 6.07) is 0. The zero-order valence-electron chi connectivity index (χ0n) is 9.63. The molecule has 0 aliphatic rings. The summed E-state index contributed by atoms with van der Waals surface area (Å²) >= 11 is 0. The third-order valence-corrected chi connectivity index (χ3v) is 1.95. The zero-order chi connectivity index (χ0) is 10.6. The molecule has 0 radical (unpaired) electrons. The zero-order valence-corrected chi connectivity index (χ0v) is 9.63. The van der Waals surface area contributed by atoms with Crippen LogP contribution in [0.3, 0.4) is 0 Å². The van der Waals surface area contributed by atoms with Crippen LogP contribution in [0.15, 0.2) is 0 Å². The van der Waals surface area contributed by atoms with E-state index in [1.54, 1.807) is 0 Å². The molecule has 0 aromatic carbocycles. The SMILES string of the molecule is CCCCOC(CCCN)OCCC. The highest BCUT2D eigenvalue weighted by Gasteiger charge is 2.07. The van der Waals surface area contributed by atoms with E-state index in [2.05, 4.69) is 13.8 Å². The van der Waals surface area contributed by atoms with Crippen molar-refractivity contribution in [3.63, 3.8) is 0 Å². The molecule has 0 heterocycles. The van der Waals surface area contributed by atoms with Crippen molar-refractivity contribution in [2.75, 3.05) is 19.8 Å². The van der Waals surface area contributed by atoms with E-state index in [9.17, 15) is 0 Å². The van der Waals surface area contributed by atoms with E-state index < -0.39 is 0 Å². The molecule has 0 saturated carbocycles. The minimum atomic E-state index is -0.0370. The summed E-state index contributed by atoms with van der Waals surface area (Å²) in [6.07, 6.45) is 5.16. The van der Waals surface area contributed by atoms with Gasteiger partial charge in [0.1, 0.15) is 0 Å². The average Bonchev–Trinajstić information content (AvgIpc) is 2.21. The van der Waals surface area contributed by atoms with Gasteiger partial charge in [-0.15, -0.1) is 0 Å². The van der Waals surface area contributed by atoms with Crippen molar-refractivity contribution in [1.82, 2.24) is 0 Å². The van der Waals surface area contributed by atoms with E-state index in [0.717, 1.165) is 45.3 Å². The number of rotatable bonds is 10. The lowest BCUT2D eigenvalue weighted by Gasteiger charge is -2.17. The van der Waals surface area contributed by atoms with Crippen molar-refractivity contribution in [2.24, 2.45) is 5.73 Å². The van der Waals surface area contributed by atoms with E-state index in [-0.39, 0.29) is 6.29 Å². The van der Waals surface area contributed by atoms with Gasteiger partial charge in [-0.2, -0.15) is 0 Å². The van der Waals surface area contributed by atoms with Gasteiger partial charge in [0.05, 0.1) is 0 Å². The highest BCUT2D eigenvalue weighted by Crippen LogP contribution is 2.05. The highest BCUT2D eigenvalue weighted by molar-refractivity contribution is 4.48. The third kappa shape index (κ3) is 8.48. The quantitative estimate of drug-likeness (QED) is 0.437. The lowest BCUT2D eigenvalue weighted by Crippen LogP contribution is -2.20. The number of ether oxygens (including phenoxy) is 2. The smallest absolute Gasteiger partial charge is 0.157 e. The molecule has 0 saturated heterocycles. The monoisotopic (exact) mass is 203 g/mol. The van der Waals surface area contributed by atoms with Crippen molar-refractivity contribution in [1.29, 1.82) is 0 Å². The molecular formula is C11H25NO2. The van der Waals surface area contributed by atoms with Gasteiger partial charge in [0, 0.05) is 13.2 Å². The number of nitrogens with two attached hydrogens (primary N) is 1. The predicted octanol–water partition coefficient (Wildman–Crippen LogP) is 2.29. The van der Waals surface area contributed by atoms with Crippen LogP contribution in [0.1, 0.15) is 46.0 Å². The van der Waals surface area contributed by atoms with Gasteiger partial charge in [-0.1, -0.05) is 20.3 Å². The standard InChI is InChI=1S/C11H25NO2/c1-3-5-10-14-11(7-6-8-12)13-9-4-2/h11H,3-10,12H2,1-2H3. The van der Waals surface area contributed by atoms with Crippen LogP contribution in [0.5, 0.6) is 0 Å². The van der Waals surface area contributed by atoms with Crippen molar-refractivity contribution in [2.45, 2.75) is 52.2 Å². The van der Waals surface area contributed by atoms with Crippen LogP contribution in [0.4, 0.5) is 0 Å². The Kier molecular flexibility index (Phi) is 10.9. The summed E-state index contributed by atoms with van der Waals surface area (Å²) in [5.41, 5.74) is 5.45. The molecule has 86 valence electrons. The molecule has 0 aromatic heterocycles. The van der Waals surface area contributed by atoms with Gasteiger partial charge in [0.25, 0.3) is 0 Å². The maximum atomic E-state index is 5.61. The molecule has 0 fully saturated rings. The highest BCUT2D eigenvalue weighted by atomic mass is 16.7. The first-order valence-corrected chi connectivity index (χ1v) is 5.78. The molecule has 1 atom stereocenters. The predicted molar refractivity (Wildman–Crippen MR) is 59.2 cm³/mol. The van der Waals surface area contributed by atoms with Crippen LogP contribution in [0, 0.1) is 0 Å². The Morgan fingerprint density at radius 1 is 1.00 bits per heavy atom. The average molecular weight is 203 g/mol. The van der Waals surface area contributed by atoms with Crippen LogP contribution in [-0.4, -0.2) is 26.0 Å². The van der Waals surface area contributed by atoms with Crippen LogP contribution >= 0.6 is 0 Å². The number of unbranched alkanes of at least 4 members (excludes halogenated alkanes) is 1. The van der Waals surface area contributed by atoms with Gasteiger partial charge in [-0.05, 0) is 32.2 Å². The van der Waals surface area contributed by atoms with Gasteiger partial charge >= 0.3 is 0 Å². The molecule has 0 spiro atoms. The first-order chi connectivity index (χ1) is 6.85. The van der Waals surface area contributed by atoms with Crippen LogP contribution in [0.2, 0.25) is 0 Å². The van der Waals surface area contributed by atoms with Crippen LogP contribution < -0.4 is 5.73 Å². The molecule has 1 unspecified atom stereocenters. The number of hydrogen-bond donors (Lipinski definition) is 1. The van der Waals surface area contributed by atoms with E-state index in [1.807, 2.05) is 0 Å². The third-order valence-electron chi connectivity index (χ3n) is 1.95. The van der Waals surface area contributed by atoms with Crippen molar-refractivity contribution in [3.8, 4) is 0 Å². The molecule has 3 heteroatoms. The summed E-state index contributed by atoms with van der Waals surface area (Å²) in [5.74, 6) is 0. The molecular weight excluding hydrogens is 178 g/mol. The van der Waals surface area contributed by atoms with Crippen molar-refractivity contribution in [3.05, 3.63) is 0 Å². The second-order valence-electron chi connectivity index (χ2n) is 3.46. The normalized spacial score (nSPS) is 13.1. The van der Waals surface area contributed by atoms with Crippen molar-refractivity contribution >= 4 is 0 Å². The minimum Gasteiger partial charge on any atom is -0.353 e. The molecule has 0 aliphatic carbocycles. The Morgan fingerprint density at radius 2 is 1.71 bits per heavy atom. The Morgan fingerprint density at radius 3 is 2.29 bits per heavy atom. The largest absolute Gasteiger partial charge is 0.353 e. The first-order valence-electron chi connectivity index (χ1n) is 5.78. The molecule has 14 heavy (non-hydrogen) atoms. The van der Waals surface area contributed by atoms with Gasteiger partial charge in [-0.3, -0.25) is 0 Å². The summed E-state index contributed by atoms with van der Waals surface area (Å²) < 4.78 is 11.2. The van der Waals surface area contributed by atoms with E-state index in [0.29, 0.717) is 6.54 Å². The Bertz CT molecular complexity index is 101. The van der Waals surface area contributed by atoms with Gasteiger partial charge in [0.2, 0.25) is 0 Å². The molecule has 0 aromatic rings. The summed E-state index contributed by atoms with van der Waals surface area (Å²) in [5, 5.41) is 0. The summed E-state index contributed by atoms with van der Waals surface area (Å²) in [7, 11) is 0. The summed E-state index contributed by atoms with van der Waals surface area (Å²) in [4.78, 5) is 0. The lowest BCUT2D eigenvalue weighted by molar-refractivity contribution is -0.146. The van der Waals surface area contributed by atoms with E-state index in [1.165, 1.54) is 0 Å². The van der Waals surface area contributed by atoms with Gasteiger partial charge in [-0.25, -0.2) is 0 Å². The Balaban J connectivity index is 3.49. The van der Waals surface area contributed by atoms with Crippen LogP contribution in [0.25, 0.3) is 0 Å². The fourth-order valence-corrected chi connectivity index (χ4v) is 1.11. The Labute approximate surface area is 88.0 Å². The van der Waals surface area contributed by atoms with Gasteiger partial charge < -0.3 is 15.2 Å². The topological polar surface area (TPSA) is 44.5 Å². The number of hydrogen-bond acceptors (Lipinski definition) is 3. The minimum absolute atomic E-state index is 0.0370. The molecule has 0 rings (SSSR count). The summed E-state index contributed by atoms with van der Waals surface area (Å²) in [6.45, 7) is 6.55. The molecule has 0 bridgehead atoms. The first kappa shape index (κ1) is 13.9. The van der Waals surface area contributed by atoms with Crippen LogP contribution in [-0.2, 0) is 9.47 Å². The fraction of sp³-hybridized carbons (Fsp3) is 1.00. The van der Waals surface area contributed by atoms with Gasteiger partial charge in [0.15, 0.2) is 6.29 Å². The van der Waals surface area contributed by atoms with E-state index >= 15 is 0 Å². The molecule has 0 amide bonds.